The zero-order valence-corrected chi connectivity index (χ0v) is 9.52. The van der Waals surface area contributed by atoms with Gasteiger partial charge < -0.3 is 4.74 Å². The number of rotatable bonds is 3. The van der Waals surface area contributed by atoms with Gasteiger partial charge in [0.1, 0.15) is 5.76 Å². The van der Waals surface area contributed by atoms with E-state index in [4.69, 9.17) is 4.74 Å². The molecule has 1 aromatic carbocycles. The van der Waals surface area contributed by atoms with Crippen LogP contribution in [0.1, 0.15) is 18.9 Å². The van der Waals surface area contributed by atoms with Crippen LogP contribution >= 0.6 is 0 Å². The number of hydrogen-bond donors (Lipinski definition) is 0. The summed E-state index contributed by atoms with van der Waals surface area (Å²) in [6.45, 7) is 2.74. The molecule has 0 bridgehead atoms. The quantitative estimate of drug-likeness (QED) is 0.737. The predicted octanol–water partition coefficient (Wildman–Crippen LogP) is 3.95. The molecular formula is C15H16O. The van der Waals surface area contributed by atoms with Crippen LogP contribution in [-0.2, 0) is 4.74 Å². The SMILES string of the molecule is CCOC1=C(c2ccccc2)C=CC=CC1. The van der Waals surface area contributed by atoms with Gasteiger partial charge in [0.25, 0.3) is 0 Å². The smallest absolute Gasteiger partial charge is 0.107 e. The third kappa shape index (κ3) is 2.43. The average Bonchev–Trinajstić information content (AvgIpc) is 2.56. The molecule has 0 spiro atoms. The van der Waals surface area contributed by atoms with Gasteiger partial charge in [-0.25, -0.2) is 0 Å². The van der Waals surface area contributed by atoms with Crippen LogP contribution in [-0.4, -0.2) is 6.61 Å². The van der Waals surface area contributed by atoms with Crippen molar-refractivity contribution in [1.82, 2.24) is 0 Å². The van der Waals surface area contributed by atoms with Crippen molar-refractivity contribution >= 4 is 5.57 Å². The largest absolute Gasteiger partial charge is 0.497 e. The summed E-state index contributed by atoms with van der Waals surface area (Å²) in [6, 6.07) is 10.4. The molecule has 1 heteroatoms. The third-order valence-corrected chi connectivity index (χ3v) is 2.52. The lowest BCUT2D eigenvalue weighted by Crippen LogP contribution is -1.95. The van der Waals surface area contributed by atoms with E-state index in [1.807, 2.05) is 13.0 Å². The molecule has 0 heterocycles. The fraction of sp³-hybridized carbons (Fsp3) is 0.200. The highest BCUT2D eigenvalue weighted by Gasteiger charge is 2.07. The second-order valence-electron chi connectivity index (χ2n) is 3.63. The molecule has 1 nitrogen and oxygen atoms in total. The van der Waals surface area contributed by atoms with E-state index in [0.717, 1.165) is 12.2 Å². The third-order valence-electron chi connectivity index (χ3n) is 2.52. The summed E-state index contributed by atoms with van der Waals surface area (Å²) in [4.78, 5) is 0. The van der Waals surface area contributed by atoms with Gasteiger partial charge >= 0.3 is 0 Å². The van der Waals surface area contributed by atoms with Crippen LogP contribution in [0.4, 0.5) is 0 Å². The molecule has 0 saturated heterocycles. The van der Waals surface area contributed by atoms with E-state index in [2.05, 4.69) is 48.6 Å². The van der Waals surface area contributed by atoms with E-state index < -0.39 is 0 Å². The Morgan fingerprint density at radius 1 is 1.12 bits per heavy atom. The fourth-order valence-electron chi connectivity index (χ4n) is 1.79. The van der Waals surface area contributed by atoms with Crippen LogP contribution in [0.2, 0.25) is 0 Å². The molecule has 0 unspecified atom stereocenters. The van der Waals surface area contributed by atoms with Gasteiger partial charge in [0, 0.05) is 12.0 Å². The van der Waals surface area contributed by atoms with Crippen molar-refractivity contribution in [3.63, 3.8) is 0 Å². The summed E-state index contributed by atoms with van der Waals surface area (Å²) in [5.74, 6) is 1.05. The molecule has 16 heavy (non-hydrogen) atoms. The predicted molar refractivity (Wildman–Crippen MR) is 67.9 cm³/mol. The molecule has 0 amide bonds. The highest BCUT2D eigenvalue weighted by molar-refractivity contribution is 5.76. The Hall–Kier alpha value is -1.76. The maximum absolute atomic E-state index is 5.71. The standard InChI is InChI=1S/C15H16O/c1-2-16-15-12-8-4-7-11-14(15)13-9-5-3-6-10-13/h3-11H,2,12H2,1H3. The number of hydrogen-bond acceptors (Lipinski definition) is 1. The zero-order chi connectivity index (χ0) is 11.2. The highest BCUT2D eigenvalue weighted by atomic mass is 16.5. The first-order valence-corrected chi connectivity index (χ1v) is 5.66. The topological polar surface area (TPSA) is 9.23 Å². The molecule has 0 fully saturated rings. The minimum atomic E-state index is 0.716. The maximum Gasteiger partial charge on any atom is 0.107 e. The molecule has 1 aliphatic carbocycles. The molecule has 0 N–H and O–H groups in total. The second kappa shape index (κ2) is 5.36. The maximum atomic E-state index is 5.71. The van der Waals surface area contributed by atoms with Crippen molar-refractivity contribution in [3.05, 3.63) is 66.0 Å². The molecular weight excluding hydrogens is 196 g/mol. The second-order valence-corrected chi connectivity index (χ2v) is 3.63. The molecule has 1 aliphatic rings. The minimum Gasteiger partial charge on any atom is -0.497 e. The molecule has 0 radical (unpaired) electrons. The summed E-state index contributed by atoms with van der Waals surface area (Å²) in [6.07, 6.45) is 9.23. The van der Waals surface area contributed by atoms with Crippen LogP contribution in [0.5, 0.6) is 0 Å². The van der Waals surface area contributed by atoms with Gasteiger partial charge in [-0.15, -0.1) is 0 Å². The fourth-order valence-corrected chi connectivity index (χ4v) is 1.79. The lowest BCUT2D eigenvalue weighted by Gasteiger charge is -2.11. The monoisotopic (exact) mass is 212 g/mol. The molecule has 1 aromatic rings. The van der Waals surface area contributed by atoms with Gasteiger partial charge in [0.15, 0.2) is 0 Å². The lowest BCUT2D eigenvalue weighted by molar-refractivity contribution is 0.227. The van der Waals surface area contributed by atoms with Gasteiger partial charge in [-0.05, 0) is 12.5 Å². The molecule has 0 aromatic heterocycles. The normalized spacial score (nSPS) is 15.1. The van der Waals surface area contributed by atoms with E-state index in [0.29, 0.717) is 6.61 Å². The summed E-state index contributed by atoms with van der Waals surface area (Å²) >= 11 is 0. The summed E-state index contributed by atoms with van der Waals surface area (Å²) in [5.41, 5.74) is 2.40. The Bertz CT molecular complexity index is 424. The number of benzene rings is 1. The Labute approximate surface area is 96.8 Å². The van der Waals surface area contributed by atoms with Crippen molar-refractivity contribution in [2.75, 3.05) is 6.61 Å². The van der Waals surface area contributed by atoms with E-state index in [1.54, 1.807) is 0 Å². The van der Waals surface area contributed by atoms with Crippen LogP contribution in [0.15, 0.2) is 60.4 Å². The lowest BCUT2D eigenvalue weighted by atomic mass is 10.0. The highest BCUT2D eigenvalue weighted by Crippen LogP contribution is 2.25. The summed E-state index contributed by atoms with van der Waals surface area (Å²) < 4.78 is 5.71. The minimum absolute atomic E-state index is 0.716. The number of ether oxygens (including phenoxy) is 1. The van der Waals surface area contributed by atoms with Crippen molar-refractivity contribution in [1.29, 1.82) is 0 Å². The summed E-state index contributed by atoms with van der Waals surface area (Å²) in [7, 11) is 0. The van der Waals surface area contributed by atoms with Gasteiger partial charge in [0.05, 0.1) is 6.61 Å². The van der Waals surface area contributed by atoms with E-state index >= 15 is 0 Å². The first-order valence-electron chi connectivity index (χ1n) is 5.66. The Balaban J connectivity index is 2.40. The first-order chi connectivity index (χ1) is 7.92. The van der Waals surface area contributed by atoms with Gasteiger partial charge in [-0.3, -0.25) is 0 Å². The van der Waals surface area contributed by atoms with Gasteiger partial charge in [-0.1, -0.05) is 54.6 Å². The van der Waals surface area contributed by atoms with Crippen molar-refractivity contribution in [2.24, 2.45) is 0 Å². The van der Waals surface area contributed by atoms with E-state index in [1.165, 1.54) is 11.1 Å². The van der Waals surface area contributed by atoms with E-state index in [-0.39, 0.29) is 0 Å². The Morgan fingerprint density at radius 2 is 1.94 bits per heavy atom. The average molecular weight is 212 g/mol. The number of allylic oxidation sites excluding steroid dienone is 5. The molecule has 82 valence electrons. The van der Waals surface area contributed by atoms with Gasteiger partial charge in [0.2, 0.25) is 0 Å². The molecule has 0 atom stereocenters. The van der Waals surface area contributed by atoms with Crippen molar-refractivity contribution in [2.45, 2.75) is 13.3 Å². The van der Waals surface area contributed by atoms with Crippen molar-refractivity contribution < 1.29 is 4.74 Å². The van der Waals surface area contributed by atoms with E-state index in [9.17, 15) is 0 Å². The summed E-state index contributed by atoms with van der Waals surface area (Å²) in [5, 5.41) is 0. The van der Waals surface area contributed by atoms with Crippen LogP contribution in [0.25, 0.3) is 5.57 Å². The van der Waals surface area contributed by atoms with Crippen LogP contribution in [0.3, 0.4) is 0 Å². The van der Waals surface area contributed by atoms with Crippen LogP contribution < -0.4 is 0 Å². The molecule has 0 aliphatic heterocycles. The molecule has 2 rings (SSSR count). The Kier molecular flexibility index (Phi) is 3.60. The zero-order valence-electron chi connectivity index (χ0n) is 9.52. The first kappa shape index (κ1) is 10.7. The van der Waals surface area contributed by atoms with Crippen molar-refractivity contribution in [3.8, 4) is 0 Å². The Morgan fingerprint density at radius 3 is 2.69 bits per heavy atom. The van der Waals surface area contributed by atoms with Gasteiger partial charge in [-0.2, -0.15) is 0 Å². The molecule has 0 saturated carbocycles. The van der Waals surface area contributed by atoms with Crippen LogP contribution in [0, 0.1) is 0 Å².